The lowest BCUT2D eigenvalue weighted by Crippen LogP contribution is -2.30. The van der Waals surface area contributed by atoms with Crippen LogP contribution in [0, 0.1) is 0 Å². The van der Waals surface area contributed by atoms with Gasteiger partial charge in [0.05, 0.1) is 37.8 Å². The van der Waals surface area contributed by atoms with E-state index >= 15 is 0 Å². The van der Waals surface area contributed by atoms with Crippen molar-refractivity contribution in [2.24, 2.45) is 5.73 Å². The Bertz CT molecular complexity index is 1810. The van der Waals surface area contributed by atoms with Crippen LogP contribution < -0.4 is 35.9 Å². The van der Waals surface area contributed by atoms with E-state index in [4.69, 9.17) is 19.9 Å². The molecule has 0 aliphatic rings. The number of carbonyl (C=O) groups excluding carboxylic acids is 4. The Morgan fingerprint density at radius 1 is 0.766 bits per heavy atom. The monoisotopic (exact) mass is 654 g/mol. The number of methoxy groups -OCH3 is 3. The van der Waals surface area contributed by atoms with Gasteiger partial charge in [0.1, 0.15) is 11.4 Å². The molecule has 1 atom stereocenters. The number of carbonyl (C=O) groups is 4. The number of thioether (sulfide) groups is 1. The summed E-state index contributed by atoms with van der Waals surface area (Å²) in [6.45, 7) is 1.72. The molecule has 0 saturated carbocycles. The largest absolute Gasteiger partial charge is 0.496 e. The number of para-hydroxylation sites is 1. The highest BCUT2D eigenvalue weighted by Crippen LogP contribution is 2.36. The Kier molecular flexibility index (Phi) is 11.6. The Labute approximate surface area is 276 Å². The minimum absolute atomic E-state index is 0.0664. The highest BCUT2D eigenvalue weighted by Gasteiger charge is 2.20. The second kappa shape index (κ2) is 16.0. The normalized spacial score (nSPS) is 11.5. The molecule has 0 heterocycles. The molecule has 4 aromatic carbocycles. The molecule has 0 bridgehead atoms. The standard InChI is InChI=1S/C35H34N4O7S/c1-21(33(41)38-27-16-9-8-15-26(27)32(36)40)47-25-14-10-13-24(19-25)37-35(43)28(39-34(42)22-11-6-5-7-12-22)17-23-18-30(45-3)31(46-4)20-29(23)44-2/h5-21H,1-4H3,(H2,36,40)(H,37,43)(H,38,41)(H,39,42)/b28-17+. The van der Waals surface area contributed by atoms with Crippen LogP contribution in [0.2, 0.25) is 0 Å². The zero-order valence-corrected chi connectivity index (χ0v) is 27.0. The lowest BCUT2D eigenvalue weighted by Gasteiger charge is -2.16. The Morgan fingerprint density at radius 3 is 2.11 bits per heavy atom. The summed E-state index contributed by atoms with van der Waals surface area (Å²) in [5.41, 5.74) is 7.12. The van der Waals surface area contributed by atoms with Crippen molar-refractivity contribution in [3.63, 3.8) is 0 Å². The molecule has 0 fully saturated rings. The second-order valence-electron chi connectivity index (χ2n) is 9.97. The molecular formula is C35H34N4O7S. The van der Waals surface area contributed by atoms with Crippen LogP contribution in [0.4, 0.5) is 11.4 Å². The fourth-order valence-corrected chi connectivity index (χ4v) is 5.33. The van der Waals surface area contributed by atoms with E-state index in [-0.39, 0.29) is 17.2 Å². The number of anilines is 2. The van der Waals surface area contributed by atoms with Gasteiger partial charge in [0.15, 0.2) is 11.5 Å². The van der Waals surface area contributed by atoms with Crippen LogP contribution in [0.1, 0.15) is 33.2 Å². The molecule has 242 valence electrons. The summed E-state index contributed by atoms with van der Waals surface area (Å²) in [4.78, 5) is 52.2. The first kappa shape index (κ1) is 34.1. The molecule has 0 radical (unpaired) electrons. The van der Waals surface area contributed by atoms with Crippen molar-refractivity contribution in [3.8, 4) is 17.2 Å². The van der Waals surface area contributed by atoms with Crippen molar-refractivity contribution in [3.05, 3.63) is 113 Å². The molecule has 0 aromatic heterocycles. The van der Waals surface area contributed by atoms with Gasteiger partial charge < -0.3 is 35.9 Å². The number of amides is 4. The SMILES string of the molecule is COc1cc(OC)c(OC)cc1/C=C(/NC(=O)c1ccccc1)C(=O)Nc1cccc(SC(C)C(=O)Nc2ccccc2C(N)=O)c1. The van der Waals surface area contributed by atoms with Crippen molar-refractivity contribution >= 4 is 52.8 Å². The molecule has 0 aliphatic heterocycles. The molecule has 4 amide bonds. The van der Waals surface area contributed by atoms with Gasteiger partial charge >= 0.3 is 0 Å². The summed E-state index contributed by atoms with van der Waals surface area (Å²) in [6.07, 6.45) is 1.48. The van der Waals surface area contributed by atoms with Gasteiger partial charge in [-0.15, -0.1) is 11.8 Å². The zero-order valence-electron chi connectivity index (χ0n) is 26.2. The van der Waals surface area contributed by atoms with Crippen LogP contribution >= 0.6 is 11.8 Å². The van der Waals surface area contributed by atoms with Crippen LogP contribution in [0.25, 0.3) is 6.08 Å². The van der Waals surface area contributed by atoms with Gasteiger partial charge in [-0.25, -0.2) is 0 Å². The molecule has 0 saturated heterocycles. The summed E-state index contributed by atoms with van der Waals surface area (Å²) in [7, 11) is 4.45. The number of nitrogens with two attached hydrogens (primary N) is 1. The number of ether oxygens (including phenoxy) is 3. The summed E-state index contributed by atoms with van der Waals surface area (Å²) >= 11 is 1.25. The minimum Gasteiger partial charge on any atom is -0.496 e. The van der Waals surface area contributed by atoms with Gasteiger partial charge in [-0.05, 0) is 61.5 Å². The highest BCUT2D eigenvalue weighted by atomic mass is 32.2. The third-order valence-corrected chi connectivity index (χ3v) is 7.88. The predicted molar refractivity (Wildman–Crippen MR) is 182 cm³/mol. The molecule has 12 heteroatoms. The molecule has 47 heavy (non-hydrogen) atoms. The maximum absolute atomic E-state index is 13.7. The molecule has 11 nitrogen and oxygen atoms in total. The van der Waals surface area contributed by atoms with E-state index in [1.54, 1.807) is 91.9 Å². The number of hydrogen-bond donors (Lipinski definition) is 4. The first-order valence-electron chi connectivity index (χ1n) is 14.3. The number of nitrogens with one attached hydrogen (secondary N) is 3. The van der Waals surface area contributed by atoms with Crippen LogP contribution in [0.5, 0.6) is 17.2 Å². The van der Waals surface area contributed by atoms with Crippen molar-refractivity contribution in [2.45, 2.75) is 17.1 Å². The molecule has 1 unspecified atom stereocenters. The number of primary amides is 1. The van der Waals surface area contributed by atoms with E-state index in [0.29, 0.717) is 44.6 Å². The summed E-state index contributed by atoms with van der Waals surface area (Å²) < 4.78 is 16.3. The quantitative estimate of drug-likeness (QED) is 0.111. The molecule has 0 aliphatic carbocycles. The summed E-state index contributed by atoms with van der Waals surface area (Å²) in [5, 5.41) is 7.71. The van der Waals surface area contributed by atoms with E-state index < -0.39 is 23.0 Å². The Hall–Kier alpha value is -5.75. The van der Waals surface area contributed by atoms with Crippen LogP contribution in [0.15, 0.2) is 102 Å². The predicted octanol–water partition coefficient (Wildman–Crippen LogP) is 5.34. The van der Waals surface area contributed by atoms with Gasteiger partial charge in [0.25, 0.3) is 17.7 Å². The maximum Gasteiger partial charge on any atom is 0.272 e. The van der Waals surface area contributed by atoms with Crippen LogP contribution in [-0.2, 0) is 9.59 Å². The fraction of sp³-hybridized carbons (Fsp3) is 0.143. The lowest BCUT2D eigenvalue weighted by atomic mass is 10.1. The Morgan fingerprint density at radius 2 is 1.43 bits per heavy atom. The third-order valence-electron chi connectivity index (χ3n) is 6.79. The first-order valence-corrected chi connectivity index (χ1v) is 15.2. The van der Waals surface area contributed by atoms with Crippen molar-refractivity contribution in [2.75, 3.05) is 32.0 Å². The van der Waals surface area contributed by atoms with Gasteiger partial charge in [0, 0.05) is 27.8 Å². The third kappa shape index (κ3) is 8.92. The lowest BCUT2D eigenvalue weighted by molar-refractivity contribution is -0.115. The van der Waals surface area contributed by atoms with Crippen molar-refractivity contribution in [1.29, 1.82) is 0 Å². The Balaban J connectivity index is 1.57. The average Bonchev–Trinajstić information content (AvgIpc) is 3.08. The highest BCUT2D eigenvalue weighted by molar-refractivity contribution is 8.00. The van der Waals surface area contributed by atoms with Gasteiger partial charge in [0.2, 0.25) is 5.91 Å². The number of hydrogen-bond acceptors (Lipinski definition) is 8. The van der Waals surface area contributed by atoms with Crippen LogP contribution in [-0.4, -0.2) is 50.2 Å². The van der Waals surface area contributed by atoms with Crippen molar-refractivity contribution < 1.29 is 33.4 Å². The van der Waals surface area contributed by atoms with E-state index in [9.17, 15) is 19.2 Å². The minimum atomic E-state index is -0.650. The van der Waals surface area contributed by atoms with E-state index in [2.05, 4.69) is 16.0 Å². The molecular weight excluding hydrogens is 620 g/mol. The van der Waals surface area contributed by atoms with Gasteiger partial charge in [-0.3, -0.25) is 19.2 Å². The number of rotatable bonds is 13. The molecule has 4 aromatic rings. The van der Waals surface area contributed by atoms with E-state index in [1.165, 1.54) is 45.2 Å². The van der Waals surface area contributed by atoms with Gasteiger partial charge in [-0.1, -0.05) is 36.4 Å². The molecule has 4 rings (SSSR count). The van der Waals surface area contributed by atoms with Gasteiger partial charge in [-0.2, -0.15) is 0 Å². The zero-order chi connectivity index (χ0) is 33.9. The van der Waals surface area contributed by atoms with E-state index in [0.717, 1.165) is 0 Å². The average molecular weight is 655 g/mol. The maximum atomic E-state index is 13.7. The second-order valence-corrected chi connectivity index (χ2v) is 11.4. The summed E-state index contributed by atoms with van der Waals surface area (Å²) in [5.74, 6) is -0.884. The fourth-order valence-electron chi connectivity index (χ4n) is 4.41. The molecule has 5 N–H and O–H groups in total. The van der Waals surface area contributed by atoms with Crippen LogP contribution in [0.3, 0.4) is 0 Å². The molecule has 0 spiro atoms. The van der Waals surface area contributed by atoms with E-state index in [1.807, 2.05) is 0 Å². The summed E-state index contributed by atoms with van der Waals surface area (Å²) in [6, 6.07) is 25.1. The first-order chi connectivity index (χ1) is 22.6. The topological polar surface area (TPSA) is 158 Å². The van der Waals surface area contributed by atoms with Crippen molar-refractivity contribution in [1.82, 2.24) is 5.32 Å². The number of benzene rings is 4. The smallest absolute Gasteiger partial charge is 0.272 e.